The molecule has 1 heterocycles. The summed E-state index contributed by atoms with van der Waals surface area (Å²) in [7, 11) is 0. The molecule has 1 aliphatic rings. The Balaban J connectivity index is 1.78. The number of carbonyl (C=O) groups is 2. The summed E-state index contributed by atoms with van der Waals surface area (Å²) in [6, 6.07) is 9.26. The van der Waals surface area contributed by atoms with Gasteiger partial charge in [-0.05, 0) is 24.0 Å². The third-order valence-corrected chi connectivity index (χ3v) is 4.01. The van der Waals surface area contributed by atoms with Crippen molar-refractivity contribution >= 4 is 11.9 Å². The summed E-state index contributed by atoms with van der Waals surface area (Å²) < 4.78 is 5.53. The molecule has 1 fully saturated rings. The summed E-state index contributed by atoms with van der Waals surface area (Å²) in [5.74, 6) is 0.648. The first kappa shape index (κ1) is 19.1. The standard InChI is InChI=1S/C19H29N3O3/c1-19(2,3)15-20-18(24)22-11-7-10-21(12-13-22)17(23)14-25-16-8-5-4-6-9-16/h4-6,8-9H,7,10-15H2,1-3H3,(H,20,24). The van der Waals surface area contributed by atoms with E-state index in [0.717, 1.165) is 6.42 Å². The molecule has 0 spiro atoms. The van der Waals surface area contributed by atoms with Gasteiger partial charge >= 0.3 is 6.03 Å². The van der Waals surface area contributed by atoms with Gasteiger partial charge in [0.05, 0.1) is 0 Å². The van der Waals surface area contributed by atoms with Crippen LogP contribution in [0, 0.1) is 5.41 Å². The predicted octanol–water partition coefficient (Wildman–Crippen LogP) is 2.36. The summed E-state index contributed by atoms with van der Waals surface area (Å²) in [4.78, 5) is 28.2. The predicted molar refractivity (Wildman–Crippen MR) is 97.6 cm³/mol. The van der Waals surface area contributed by atoms with E-state index in [9.17, 15) is 9.59 Å². The van der Waals surface area contributed by atoms with Gasteiger partial charge in [-0.1, -0.05) is 39.0 Å². The van der Waals surface area contributed by atoms with Crippen LogP contribution in [0.3, 0.4) is 0 Å². The average molecular weight is 347 g/mol. The number of urea groups is 1. The van der Waals surface area contributed by atoms with Crippen LogP contribution in [0.1, 0.15) is 27.2 Å². The van der Waals surface area contributed by atoms with Crippen molar-refractivity contribution in [2.75, 3.05) is 39.3 Å². The second kappa shape index (κ2) is 8.74. The zero-order chi connectivity index (χ0) is 18.3. The monoisotopic (exact) mass is 347 g/mol. The lowest BCUT2D eigenvalue weighted by Gasteiger charge is -2.25. The summed E-state index contributed by atoms with van der Waals surface area (Å²) in [6.45, 7) is 9.33. The fourth-order valence-corrected chi connectivity index (χ4v) is 2.58. The number of nitrogens with zero attached hydrogens (tertiary/aromatic N) is 2. The Labute approximate surface area is 150 Å². The minimum atomic E-state index is -0.0511. The Morgan fingerprint density at radius 1 is 1.04 bits per heavy atom. The van der Waals surface area contributed by atoms with Crippen LogP contribution in [0.25, 0.3) is 0 Å². The van der Waals surface area contributed by atoms with Crippen LogP contribution >= 0.6 is 0 Å². The molecule has 138 valence electrons. The molecule has 6 heteroatoms. The topological polar surface area (TPSA) is 61.9 Å². The normalized spacial score (nSPS) is 15.5. The summed E-state index contributed by atoms with van der Waals surface area (Å²) in [6.07, 6.45) is 0.778. The highest BCUT2D eigenvalue weighted by molar-refractivity contribution is 5.78. The fraction of sp³-hybridized carbons (Fsp3) is 0.579. The molecule has 0 aliphatic carbocycles. The summed E-state index contributed by atoms with van der Waals surface area (Å²) in [5.41, 5.74) is 0.0539. The van der Waals surface area contributed by atoms with Gasteiger partial charge in [0.25, 0.3) is 5.91 Å². The maximum Gasteiger partial charge on any atom is 0.317 e. The first-order chi connectivity index (χ1) is 11.8. The van der Waals surface area contributed by atoms with E-state index in [4.69, 9.17) is 4.74 Å². The Kier molecular flexibility index (Phi) is 6.67. The van der Waals surface area contributed by atoms with Crippen molar-refractivity contribution in [3.63, 3.8) is 0 Å². The molecule has 1 N–H and O–H groups in total. The highest BCUT2D eigenvalue weighted by atomic mass is 16.5. The van der Waals surface area contributed by atoms with Crippen LogP contribution in [0.2, 0.25) is 0 Å². The van der Waals surface area contributed by atoms with Gasteiger partial charge in [-0.3, -0.25) is 4.79 Å². The third kappa shape index (κ3) is 6.64. The molecule has 6 nitrogen and oxygen atoms in total. The molecule has 1 aromatic rings. The third-order valence-electron chi connectivity index (χ3n) is 4.01. The Bertz CT molecular complexity index is 569. The van der Waals surface area contributed by atoms with Crippen molar-refractivity contribution in [2.45, 2.75) is 27.2 Å². The quantitative estimate of drug-likeness (QED) is 0.909. The van der Waals surface area contributed by atoms with Gasteiger partial charge in [0.2, 0.25) is 0 Å². The number of hydrogen-bond donors (Lipinski definition) is 1. The summed E-state index contributed by atoms with van der Waals surface area (Å²) in [5, 5.41) is 2.97. The largest absolute Gasteiger partial charge is 0.484 e. The van der Waals surface area contributed by atoms with E-state index in [1.165, 1.54) is 0 Å². The minimum Gasteiger partial charge on any atom is -0.484 e. The number of ether oxygens (including phenoxy) is 1. The lowest BCUT2D eigenvalue weighted by Crippen LogP contribution is -2.45. The Hall–Kier alpha value is -2.24. The molecule has 1 aromatic carbocycles. The van der Waals surface area contributed by atoms with Crippen molar-refractivity contribution in [3.8, 4) is 5.75 Å². The average Bonchev–Trinajstić information content (AvgIpc) is 2.84. The molecule has 2 rings (SSSR count). The fourth-order valence-electron chi connectivity index (χ4n) is 2.58. The highest BCUT2D eigenvalue weighted by Gasteiger charge is 2.23. The lowest BCUT2D eigenvalue weighted by atomic mass is 9.97. The van der Waals surface area contributed by atoms with Crippen molar-refractivity contribution in [1.82, 2.24) is 15.1 Å². The van der Waals surface area contributed by atoms with Gasteiger partial charge in [-0.15, -0.1) is 0 Å². The highest BCUT2D eigenvalue weighted by Crippen LogP contribution is 2.12. The van der Waals surface area contributed by atoms with Crippen LogP contribution in [0.4, 0.5) is 4.79 Å². The van der Waals surface area contributed by atoms with Crippen LogP contribution in [0.5, 0.6) is 5.75 Å². The van der Waals surface area contributed by atoms with E-state index in [0.29, 0.717) is 38.5 Å². The van der Waals surface area contributed by atoms with Crippen molar-refractivity contribution < 1.29 is 14.3 Å². The van der Waals surface area contributed by atoms with Gasteiger partial charge in [0.15, 0.2) is 6.61 Å². The van der Waals surface area contributed by atoms with Crippen molar-refractivity contribution in [3.05, 3.63) is 30.3 Å². The zero-order valence-electron chi connectivity index (χ0n) is 15.5. The molecule has 1 saturated heterocycles. The number of hydrogen-bond acceptors (Lipinski definition) is 3. The van der Waals surface area contributed by atoms with Crippen LogP contribution in [0.15, 0.2) is 30.3 Å². The number of benzene rings is 1. The van der Waals surface area contributed by atoms with E-state index >= 15 is 0 Å². The van der Waals surface area contributed by atoms with Gasteiger partial charge in [-0.25, -0.2) is 4.79 Å². The lowest BCUT2D eigenvalue weighted by molar-refractivity contribution is -0.133. The van der Waals surface area contributed by atoms with E-state index in [1.807, 2.05) is 30.3 Å². The van der Waals surface area contributed by atoms with Gasteiger partial charge in [-0.2, -0.15) is 0 Å². The smallest absolute Gasteiger partial charge is 0.317 e. The van der Waals surface area contributed by atoms with Gasteiger partial charge < -0.3 is 19.9 Å². The minimum absolute atomic E-state index is 0.0280. The molecule has 25 heavy (non-hydrogen) atoms. The first-order valence-electron chi connectivity index (χ1n) is 8.83. The molecule has 0 bridgehead atoms. The molecule has 0 saturated carbocycles. The Morgan fingerprint density at radius 2 is 1.68 bits per heavy atom. The van der Waals surface area contributed by atoms with E-state index in [-0.39, 0.29) is 24.0 Å². The number of nitrogens with one attached hydrogen (secondary N) is 1. The molecule has 0 aromatic heterocycles. The molecule has 1 aliphatic heterocycles. The molecular weight excluding hydrogens is 318 g/mol. The maximum atomic E-state index is 12.3. The number of rotatable bonds is 4. The SMILES string of the molecule is CC(C)(C)CNC(=O)N1CCCN(C(=O)COc2ccccc2)CC1. The van der Waals surface area contributed by atoms with Crippen molar-refractivity contribution in [2.24, 2.45) is 5.41 Å². The first-order valence-corrected chi connectivity index (χ1v) is 8.83. The van der Waals surface area contributed by atoms with E-state index in [2.05, 4.69) is 26.1 Å². The van der Waals surface area contributed by atoms with Crippen LogP contribution in [-0.2, 0) is 4.79 Å². The van der Waals surface area contributed by atoms with Gasteiger partial charge in [0, 0.05) is 32.7 Å². The van der Waals surface area contributed by atoms with E-state index in [1.54, 1.807) is 9.80 Å². The van der Waals surface area contributed by atoms with Crippen LogP contribution in [-0.4, -0.2) is 61.1 Å². The molecule has 0 atom stereocenters. The number of carbonyl (C=O) groups excluding carboxylic acids is 2. The summed E-state index contributed by atoms with van der Waals surface area (Å²) >= 11 is 0. The zero-order valence-corrected chi connectivity index (χ0v) is 15.5. The van der Waals surface area contributed by atoms with Crippen molar-refractivity contribution in [1.29, 1.82) is 0 Å². The molecule has 3 amide bonds. The number of amides is 3. The second-order valence-electron chi connectivity index (χ2n) is 7.54. The Morgan fingerprint density at radius 3 is 2.36 bits per heavy atom. The maximum absolute atomic E-state index is 12.3. The molecule has 0 unspecified atom stereocenters. The number of para-hydroxylation sites is 1. The molecular formula is C19H29N3O3. The van der Waals surface area contributed by atoms with Crippen LogP contribution < -0.4 is 10.1 Å². The van der Waals surface area contributed by atoms with E-state index < -0.39 is 0 Å². The second-order valence-corrected chi connectivity index (χ2v) is 7.54. The van der Waals surface area contributed by atoms with Gasteiger partial charge in [0.1, 0.15) is 5.75 Å². The molecule has 0 radical (unpaired) electrons.